The molecule has 1 N–H and O–H groups in total. The summed E-state index contributed by atoms with van der Waals surface area (Å²) in [6.45, 7) is 10.5. The third-order valence-electron chi connectivity index (χ3n) is 5.18. The van der Waals surface area contributed by atoms with E-state index < -0.39 is 0 Å². The van der Waals surface area contributed by atoms with E-state index in [1.807, 2.05) is 18.5 Å². The molecule has 5 nitrogen and oxygen atoms in total. The number of rotatable bonds is 5. The molecular weight excluding hydrogens is 410 g/mol. The fourth-order valence-electron chi connectivity index (χ4n) is 3.57. The minimum atomic E-state index is -0.250. The lowest BCUT2D eigenvalue weighted by atomic mass is 10.1. The Labute approximate surface area is 197 Å². The highest BCUT2D eigenvalue weighted by Gasteiger charge is 2.09. The molecule has 2 heterocycles. The third-order valence-corrected chi connectivity index (χ3v) is 5.18. The Balaban J connectivity index is 0.000000369. The van der Waals surface area contributed by atoms with E-state index in [2.05, 4.69) is 86.6 Å². The molecule has 0 amide bonds. The van der Waals surface area contributed by atoms with Crippen LogP contribution in [0.1, 0.15) is 56.2 Å². The fourth-order valence-corrected chi connectivity index (χ4v) is 3.57. The van der Waals surface area contributed by atoms with Gasteiger partial charge in [0.25, 0.3) is 6.47 Å². The average molecular weight is 446 g/mol. The van der Waals surface area contributed by atoms with Crippen LogP contribution >= 0.6 is 0 Å². The molecule has 0 unspecified atom stereocenters. The second-order valence-corrected chi connectivity index (χ2v) is 8.17. The highest BCUT2D eigenvalue weighted by atomic mass is 16.3. The minimum absolute atomic E-state index is 0.250. The monoisotopic (exact) mass is 445 g/mol. The van der Waals surface area contributed by atoms with Crippen LogP contribution < -0.4 is 0 Å². The van der Waals surface area contributed by atoms with Gasteiger partial charge in [-0.1, -0.05) is 74.4 Å². The van der Waals surface area contributed by atoms with Crippen molar-refractivity contribution in [3.05, 3.63) is 77.6 Å². The first-order valence-electron chi connectivity index (χ1n) is 11.5. The lowest BCUT2D eigenvalue weighted by molar-refractivity contribution is -0.122. The molecule has 0 spiro atoms. The molecule has 0 saturated heterocycles. The molecule has 0 aliphatic rings. The van der Waals surface area contributed by atoms with Gasteiger partial charge in [0.2, 0.25) is 0 Å². The van der Waals surface area contributed by atoms with E-state index in [1.54, 1.807) is 0 Å². The smallest absolute Gasteiger partial charge is 0.290 e. The van der Waals surface area contributed by atoms with Crippen LogP contribution in [-0.2, 0) is 4.79 Å². The zero-order chi connectivity index (χ0) is 24.2. The normalized spacial score (nSPS) is 10.1. The Morgan fingerprint density at radius 3 is 2.00 bits per heavy atom. The number of aryl methyl sites for hydroxylation is 3. The standard InChI is InChI=1S/C21H19N3.C6H14.CH2O2/c1-14-4-6-18(7-5-14)24-9-8-19-21(24)23-20(13-22-19)17-11-15(2)10-16(3)12-17;1-3-5-6-4-2;2-1-3/h4-13H,1-3H3;3-6H2,1-2H3;1H,(H,2,3). The van der Waals surface area contributed by atoms with Crippen LogP contribution in [0.5, 0.6) is 0 Å². The average Bonchev–Trinajstić information content (AvgIpc) is 3.22. The summed E-state index contributed by atoms with van der Waals surface area (Å²) in [5.41, 5.74) is 8.63. The summed E-state index contributed by atoms with van der Waals surface area (Å²) in [7, 11) is 0. The van der Waals surface area contributed by atoms with Crippen LogP contribution in [0.3, 0.4) is 0 Å². The van der Waals surface area contributed by atoms with E-state index in [4.69, 9.17) is 14.9 Å². The van der Waals surface area contributed by atoms with Crippen molar-refractivity contribution in [2.45, 2.75) is 60.3 Å². The van der Waals surface area contributed by atoms with Gasteiger partial charge < -0.3 is 5.11 Å². The number of benzene rings is 2. The molecule has 0 aliphatic heterocycles. The molecule has 0 fully saturated rings. The van der Waals surface area contributed by atoms with Gasteiger partial charge in [-0.15, -0.1) is 0 Å². The van der Waals surface area contributed by atoms with Crippen LogP contribution in [0.25, 0.3) is 28.1 Å². The first-order chi connectivity index (χ1) is 15.9. The van der Waals surface area contributed by atoms with E-state index in [9.17, 15) is 0 Å². The van der Waals surface area contributed by atoms with Gasteiger partial charge in [-0.3, -0.25) is 14.3 Å². The minimum Gasteiger partial charge on any atom is -0.483 e. The van der Waals surface area contributed by atoms with Crippen LogP contribution in [0.2, 0.25) is 0 Å². The SMILES string of the molecule is CCCCCC.Cc1ccc(-n2ccc3ncc(-c4cc(C)cc(C)c4)nc32)cc1.O=CO. The Hall–Kier alpha value is -3.47. The number of fused-ring (bicyclic) bond motifs is 1. The van der Waals surface area contributed by atoms with Gasteiger partial charge in [-0.05, 0) is 51.1 Å². The highest BCUT2D eigenvalue weighted by molar-refractivity contribution is 5.77. The summed E-state index contributed by atoms with van der Waals surface area (Å²) >= 11 is 0. The van der Waals surface area contributed by atoms with E-state index in [0.717, 1.165) is 28.1 Å². The van der Waals surface area contributed by atoms with Crippen molar-refractivity contribution in [2.75, 3.05) is 0 Å². The number of aromatic nitrogens is 3. The molecule has 2 aromatic heterocycles. The summed E-state index contributed by atoms with van der Waals surface area (Å²) in [6.07, 6.45) is 9.42. The Morgan fingerprint density at radius 1 is 0.879 bits per heavy atom. The van der Waals surface area contributed by atoms with E-state index >= 15 is 0 Å². The zero-order valence-electron chi connectivity index (χ0n) is 20.4. The molecule has 33 heavy (non-hydrogen) atoms. The third kappa shape index (κ3) is 7.56. The molecule has 4 aromatic rings. The van der Waals surface area contributed by atoms with Gasteiger partial charge in [-0.2, -0.15) is 0 Å². The summed E-state index contributed by atoms with van der Waals surface area (Å²) < 4.78 is 2.09. The molecule has 174 valence electrons. The zero-order valence-corrected chi connectivity index (χ0v) is 20.4. The summed E-state index contributed by atoms with van der Waals surface area (Å²) in [6, 6.07) is 16.9. The maximum Gasteiger partial charge on any atom is 0.290 e. The van der Waals surface area contributed by atoms with E-state index in [-0.39, 0.29) is 6.47 Å². The first-order valence-corrected chi connectivity index (χ1v) is 11.5. The second-order valence-electron chi connectivity index (χ2n) is 8.17. The molecule has 5 heteroatoms. The number of hydrogen-bond donors (Lipinski definition) is 1. The van der Waals surface area contributed by atoms with Crippen molar-refractivity contribution in [1.29, 1.82) is 0 Å². The quantitative estimate of drug-likeness (QED) is 0.258. The first kappa shape index (κ1) is 25.8. The van der Waals surface area contributed by atoms with Crippen molar-refractivity contribution >= 4 is 17.6 Å². The molecule has 0 saturated carbocycles. The largest absolute Gasteiger partial charge is 0.483 e. The molecular formula is C28H35N3O2. The van der Waals surface area contributed by atoms with Gasteiger partial charge in [0.15, 0.2) is 5.65 Å². The van der Waals surface area contributed by atoms with Crippen molar-refractivity contribution in [1.82, 2.24) is 14.5 Å². The molecule has 4 rings (SSSR count). The van der Waals surface area contributed by atoms with Crippen molar-refractivity contribution in [3.63, 3.8) is 0 Å². The summed E-state index contributed by atoms with van der Waals surface area (Å²) in [5, 5.41) is 6.89. The number of hydrogen-bond acceptors (Lipinski definition) is 3. The van der Waals surface area contributed by atoms with Crippen LogP contribution in [0.15, 0.2) is 60.9 Å². The Kier molecular flexibility index (Phi) is 10.3. The predicted octanol–water partition coefficient (Wildman–Crippen LogP) is 7.30. The maximum atomic E-state index is 8.36. The van der Waals surface area contributed by atoms with Crippen molar-refractivity contribution in [3.8, 4) is 16.9 Å². The molecule has 2 aromatic carbocycles. The van der Waals surface area contributed by atoms with Gasteiger partial charge in [-0.25, -0.2) is 4.98 Å². The van der Waals surface area contributed by atoms with E-state index in [1.165, 1.54) is 42.4 Å². The summed E-state index contributed by atoms with van der Waals surface area (Å²) in [5.74, 6) is 0. The van der Waals surface area contributed by atoms with Gasteiger partial charge in [0, 0.05) is 17.4 Å². The Morgan fingerprint density at radius 2 is 1.45 bits per heavy atom. The number of nitrogens with zero attached hydrogens (tertiary/aromatic N) is 3. The topological polar surface area (TPSA) is 68.0 Å². The predicted molar refractivity (Wildman–Crippen MR) is 137 cm³/mol. The highest BCUT2D eigenvalue weighted by Crippen LogP contribution is 2.24. The fraction of sp³-hybridized carbons (Fsp3) is 0.321. The lowest BCUT2D eigenvalue weighted by Crippen LogP contribution is -1.96. The maximum absolute atomic E-state index is 8.36. The van der Waals surface area contributed by atoms with Crippen LogP contribution in [0, 0.1) is 20.8 Å². The van der Waals surface area contributed by atoms with Crippen molar-refractivity contribution < 1.29 is 9.90 Å². The van der Waals surface area contributed by atoms with Crippen molar-refractivity contribution in [2.24, 2.45) is 0 Å². The molecule has 0 atom stereocenters. The lowest BCUT2D eigenvalue weighted by Gasteiger charge is -2.08. The molecule has 0 bridgehead atoms. The summed E-state index contributed by atoms with van der Waals surface area (Å²) in [4.78, 5) is 17.8. The number of carboxylic acid groups (broad SMARTS) is 1. The van der Waals surface area contributed by atoms with Crippen LogP contribution in [-0.4, -0.2) is 26.1 Å². The Bertz CT molecular complexity index is 1120. The van der Waals surface area contributed by atoms with Gasteiger partial charge in [0.05, 0.1) is 11.9 Å². The van der Waals surface area contributed by atoms with E-state index in [0.29, 0.717) is 0 Å². The van der Waals surface area contributed by atoms with Gasteiger partial charge >= 0.3 is 0 Å². The van der Waals surface area contributed by atoms with Crippen LogP contribution in [0.4, 0.5) is 0 Å². The second kappa shape index (κ2) is 13.2. The van der Waals surface area contributed by atoms with Gasteiger partial charge in [0.1, 0.15) is 5.52 Å². The number of carbonyl (C=O) groups is 1. The molecule has 0 aliphatic carbocycles. The number of unbranched alkanes of at least 4 members (excludes halogenated alkanes) is 3. The molecule has 0 radical (unpaired) electrons.